The van der Waals surface area contributed by atoms with Crippen molar-refractivity contribution in [3.8, 4) is 22.1 Å². The highest BCUT2D eigenvalue weighted by atomic mass is 32.1. The van der Waals surface area contributed by atoms with Gasteiger partial charge in [-0.1, -0.05) is 24.3 Å². The summed E-state index contributed by atoms with van der Waals surface area (Å²) in [5.41, 5.74) is 2.64. The van der Waals surface area contributed by atoms with E-state index in [1.54, 1.807) is 13.2 Å². The number of aromatic nitrogens is 1. The third kappa shape index (κ3) is 8.00. The van der Waals surface area contributed by atoms with Crippen LogP contribution in [0.4, 0.5) is 18.9 Å². The normalized spacial score (nSPS) is 14.4. The highest BCUT2D eigenvalue weighted by Gasteiger charge is 2.31. The van der Waals surface area contributed by atoms with Gasteiger partial charge >= 0.3 is 12.1 Å². The Morgan fingerprint density at radius 2 is 1.63 bits per heavy atom. The van der Waals surface area contributed by atoms with Gasteiger partial charge in [0, 0.05) is 48.9 Å². The summed E-state index contributed by atoms with van der Waals surface area (Å²) >= 11 is 1.52. The zero-order valence-corrected chi connectivity index (χ0v) is 27.2. The molecule has 46 heavy (non-hydrogen) atoms. The first-order valence-electron chi connectivity index (χ1n) is 15.1. The van der Waals surface area contributed by atoms with Crippen LogP contribution >= 0.6 is 11.3 Å². The number of aliphatic carboxylic acids is 1. The fraction of sp³-hybridized carbons (Fsp3) is 0.371. The second kappa shape index (κ2) is 13.7. The zero-order valence-electron chi connectivity index (χ0n) is 26.4. The van der Waals surface area contributed by atoms with Crippen LogP contribution in [0.1, 0.15) is 41.1 Å². The molecule has 244 valence electrons. The molecule has 1 N–H and O–H groups in total. The van der Waals surface area contributed by atoms with Gasteiger partial charge in [0.15, 0.2) is 5.60 Å². The molecular formula is C35H38F3N3O4S. The maximum atomic E-state index is 13.2. The molecule has 0 saturated carbocycles. The van der Waals surface area contributed by atoms with Crippen LogP contribution in [0.2, 0.25) is 0 Å². The fourth-order valence-corrected chi connectivity index (χ4v) is 6.43. The molecule has 0 amide bonds. The molecule has 5 rings (SSSR count). The van der Waals surface area contributed by atoms with Gasteiger partial charge in [-0.2, -0.15) is 13.2 Å². The van der Waals surface area contributed by atoms with E-state index in [0.717, 1.165) is 77.9 Å². The largest absolute Gasteiger partial charge is 0.497 e. The minimum Gasteiger partial charge on any atom is -0.497 e. The standard InChI is InChI=1S/C35H38F3N3O4S/c1-23-21-24(5-15-30(23)45-34(2,3)33(42)43)6-16-31-29(39-32(46-31)25-7-9-26(10-8-25)35(36,37)38)22-40-17-19-41(20-18-40)27-11-13-28(44-4)14-12-27/h5,7-15,21H,6,16-20,22H2,1-4H3,(H,42,43). The Morgan fingerprint density at radius 3 is 2.22 bits per heavy atom. The molecule has 1 saturated heterocycles. The summed E-state index contributed by atoms with van der Waals surface area (Å²) in [6.45, 7) is 9.01. The lowest BCUT2D eigenvalue weighted by atomic mass is 10.0. The SMILES string of the molecule is COc1ccc(N2CCN(Cc3nc(-c4ccc(C(F)(F)F)cc4)sc3CCc3ccc(OC(C)(C)C(=O)O)c(C)c3)CC2)cc1. The summed E-state index contributed by atoms with van der Waals surface area (Å²) in [6.07, 6.45) is -2.97. The van der Waals surface area contributed by atoms with Crippen LogP contribution in [-0.2, 0) is 30.4 Å². The second-order valence-electron chi connectivity index (χ2n) is 11.9. The van der Waals surface area contributed by atoms with Gasteiger partial charge in [-0.15, -0.1) is 11.3 Å². The van der Waals surface area contributed by atoms with Crippen molar-refractivity contribution in [3.05, 3.63) is 94.0 Å². The Morgan fingerprint density at radius 1 is 0.957 bits per heavy atom. The van der Waals surface area contributed by atoms with Gasteiger partial charge in [0.2, 0.25) is 0 Å². The summed E-state index contributed by atoms with van der Waals surface area (Å²) in [5.74, 6) is 0.302. The number of halogens is 3. The predicted octanol–water partition coefficient (Wildman–Crippen LogP) is 7.50. The molecule has 0 atom stereocenters. The molecule has 0 bridgehead atoms. The lowest BCUT2D eigenvalue weighted by Gasteiger charge is -2.36. The highest BCUT2D eigenvalue weighted by molar-refractivity contribution is 7.15. The van der Waals surface area contributed by atoms with E-state index >= 15 is 0 Å². The van der Waals surface area contributed by atoms with E-state index in [4.69, 9.17) is 14.5 Å². The number of piperazine rings is 1. The molecule has 1 aromatic heterocycles. The minimum absolute atomic E-state index is 0.521. The molecule has 3 aromatic carbocycles. The molecule has 1 aliphatic heterocycles. The Bertz CT molecular complexity index is 1650. The van der Waals surface area contributed by atoms with Crippen molar-refractivity contribution in [1.29, 1.82) is 0 Å². The number of ether oxygens (including phenoxy) is 2. The summed E-state index contributed by atoms with van der Waals surface area (Å²) in [7, 11) is 1.65. The Kier molecular flexibility index (Phi) is 9.93. The number of benzene rings is 3. The Labute approximate surface area is 271 Å². The van der Waals surface area contributed by atoms with Crippen molar-refractivity contribution in [3.63, 3.8) is 0 Å². The monoisotopic (exact) mass is 653 g/mol. The Hall–Kier alpha value is -4.09. The maximum absolute atomic E-state index is 13.2. The van der Waals surface area contributed by atoms with Crippen molar-refractivity contribution in [2.45, 2.75) is 51.9 Å². The van der Waals surface area contributed by atoms with E-state index < -0.39 is 23.3 Å². The number of carbonyl (C=O) groups is 1. The van der Waals surface area contributed by atoms with Gasteiger partial charge < -0.3 is 19.5 Å². The van der Waals surface area contributed by atoms with E-state index in [1.165, 1.54) is 37.3 Å². The van der Waals surface area contributed by atoms with Crippen molar-refractivity contribution in [1.82, 2.24) is 9.88 Å². The lowest BCUT2D eigenvalue weighted by molar-refractivity contribution is -0.152. The molecule has 4 aromatic rings. The summed E-state index contributed by atoms with van der Waals surface area (Å²) in [5, 5.41) is 10.1. The average Bonchev–Trinajstić information content (AvgIpc) is 3.43. The second-order valence-corrected chi connectivity index (χ2v) is 13.0. The number of methoxy groups -OCH3 is 1. The molecular weight excluding hydrogens is 615 g/mol. The van der Waals surface area contributed by atoms with E-state index in [1.807, 2.05) is 31.2 Å². The topological polar surface area (TPSA) is 75.1 Å². The molecule has 0 aliphatic carbocycles. The molecule has 0 spiro atoms. The lowest BCUT2D eigenvalue weighted by Crippen LogP contribution is -2.46. The number of carboxylic acid groups (broad SMARTS) is 1. The zero-order chi connectivity index (χ0) is 33.1. The quantitative estimate of drug-likeness (QED) is 0.180. The number of anilines is 1. The van der Waals surface area contributed by atoms with Crippen LogP contribution in [0.3, 0.4) is 0 Å². The van der Waals surface area contributed by atoms with Gasteiger partial charge in [0.25, 0.3) is 0 Å². The van der Waals surface area contributed by atoms with Crippen LogP contribution in [0.25, 0.3) is 10.6 Å². The van der Waals surface area contributed by atoms with Gasteiger partial charge in [-0.3, -0.25) is 4.90 Å². The first kappa shape index (κ1) is 33.3. The third-order valence-corrected chi connectivity index (χ3v) is 9.39. The third-order valence-electron chi connectivity index (χ3n) is 8.18. The van der Waals surface area contributed by atoms with Gasteiger partial charge in [0.05, 0.1) is 18.4 Å². The fourth-order valence-electron chi connectivity index (χ4n) is 5.35. The van der Waals surface area contributed by atoms with Crippen LogP contribution in [0, 0.1) is 6.92 Å². The number of carboxylic acids is 1. The van der Waals surface area contributed by atoms with Gasteiger partial charge in [-0.05, 0) is 87.2 Å². The summed E-state index contributed by atoms with van der Waals surface area (Å²) < 4.78 is 50.6. The number of aryl methyl sites for hydroxylation is 3. The highest BCUT2D eigenvalue weighted by Crippen LogP contribution is 2.34. The molecule has 1 aliphatic rings. The first-order valence-corrected chi connectivity index (χ1v) is 15.9. The number of hydrogen-bond donors (Lipinski definition) is 1. The Balaban J connectivity index is 1.32. The number of hydrogen-bond acceptors (Lipinski definition) is 7. The van der Waals surface area contributed by atoms with E-state index in [9.17, 15) is 23.1 Å². The van der Waals surface area contributed by atoms with Crippen molar-refractivity contribution >= 4 is 23.0 Å². The van der Waals surface area contributed by atoms with Crippen molar-refractivity contribution < 1.29 is 32.5 Å². The number of nitrogens with zero attached hydrogens (tertiary/aromatic N) is 3. The van der Waals surface area contributed by atoms with E-state index in [0.29, 0.717) is 29.3 Å². The van der Waals surface area contributed by atoms with Crippen LogP contribution < -0.4 is 14.4 Å². The molecule has 7 nitrogen and oxygen atoms in total. The van der Waals surface area contributed by atoms with Crippen LogP contribution in [-0.4, -0.2) is 59.8 Å². The molecule has 0 radical (unpaired) electrons. The predicted molar refractivity (Wildman–Crippen MR) is 174 cm³/mol. The van der Waals surface area contributed by atoms with Crippen LogP contribution in [0.5, 0.6) is 11.5 Å². The number of rotatable bonds is 11. The molecule has 2 heterocycles. The van der Waals surface area contributed by atoms with E-state index in [2.05, 4.69) is 21.9 Å². The first-order chi connectivity index (χ1) is 21.8. The summed E-state index contributed by atoms with van der Waals surface area (Å²) in [4.78, 5) is 22.3. The van der Waals surface area contributed by atoms with E-state index in [-0.39, 0.29) is 0 Å². The molecule has 1 fully saturated rings. The number of alkyl halides is 3. The van der Waals surface area contributed by atoms with Gasteiger partial charge in [-0.25, -0.2) is 9.78 Å². The van der Waals surface area contributed by atoms with Gasteiger partial charge in [0.1, 0.15) is 16.5 Å². The van der Waals surface area contributed by atoms with Crippen molar-refractivity contribution in [2.24, 2.45) is 0 Å². The smallest absolute Gasteiger partial charge is 0.416 e. The minimum atomic E-state index is -4.40. The van der Waals surface area contributed by atoms with Crippen LogP contribution in [0.15, 0.2) is 66.7 Å². The number of thiazole rings is 1. The van der Waals surface area contributed by atoms with Crippen molar-refractivity contribution in [2.75, 3.05) is 38.2 Å². The molecule has 11 heteroatoms. The maximum Gasteiger partial charge on any atom is 0.416 e. The average molecular weight is 654 g/mol. The molecule has 0 unspecified atom stereocenters. The summed E-state index contributed by atoms with van der Waals surface area (Å²) in [6, 6.07) is 19.0.